The maximum absolute atomic E-state index is 10.7. The van der Waals surface area contributed by atoms with Crippen molar-refractivity contribution in [3.63, 3.8) is 0 Å². The predicted molar refractivity (Wildman–Crippen MR) is 48.3 cm³/mol. The smallest absolute Gasteiger partial charge is 0.264 e. The van der Waals surface area contributed by atoms with E-state index in [0.29, 0.717) is 0 Å². The molecule has 1 fully saturated rings. The lowest BCUT2D eigenvalue weighted by Gasteiger charge is -2.34. The molecule has 0 aliphatic carbocycles. The minimum atomic E-state index is -3.64. The minimum Gasteiger partial charge on any atom is -0.390 e. The van der Waals surface area contributed by atoms with E-state index in [1.807, 2.05) is 0 Å². The molecule has 0 spiro atoms. The van der Waals surface area contributed by atoms with E-state index in [1.54, 1.807) is 0 Å². The predicted octanol–water partition coefficient (Wildman–Crippen LogP) is -2.21. The molecule has 1 aliphatic rings. The molecule has 0 saturated carbocycles. The first-order valence-corrected chi connectivity index (χ1v) is 6.15. The van der Waals surface area contributed by atoms with Gasteiger partial charge in [0.1, 0.15) is 12.2 Å². The van der Waals surface area contributed by atoms with Crippen molar-refractivity contribution in [1.29, 1.82) is 0 Å². The van der Waals surface area contributed by atoms with Gasteiger partial charge >= 0.3 is 0 Å². The molecule has 0 aromatic heterocycles. The number of aliphatic hydroxyl groups excluding tert-OH is 3. The van der Waals surface area contributed by atoms with E-state index in [2.05, 4.69) is 4.18 Å². The zero-order valence-corrected chi connectivity index (χ0v) is 8.92. The van der Waals surface area contributed by atoms with Crippen molar-refractivity contribution in [2.75, 3.05) is 12.9 Å². The highest BCUT2D eigenvalue weighted by atomic mass is 32.2. The number of hydrogen-bond acceptors (Lipinski definition) is 7. The summed E-state index contributed by atoms with van der Waals surface area (Å²) >= 11 is 0. The Morgan fingerprint density at radius 1 is 1.40 bits per heavy atom. The summed E-state index contributed by atoms with van der Waals surface area (Å²) in [6, 6.07) is 0. The Balaban J connectivity index is 2.52. The van der Waals surface area contributed by atoms with Crippen LogP contribution >= 0.6 is 0 Å². The van der Waals surface area contributed by atoms with Gasteiger partial charge < -0.3 is 20.1 Å². The second kappa shape index (κ2) is 4.73. The zero-order valence-electron chi connectivity index (χ0n) is 8.11. The highest BCUT2D eigenvalue weighted by Crippen LogP contribution is 2.19. The van der Waals surface area contributed by atoms with E-state index >= 15 is 0 Å². The summed E-state index contributed by atoms with van der Waals surface area (Å²) in [5, 5.41) is 27.7. The van der Waals surface area contributed by atoms with Crippen LogP contribution in [0.25, 0.3) is 0 Å². The maximum Gasteiger partial charge on any atom is 0.264 e. The maximum atomic E-state index is 10.7. The van der Waals surface area contributed by atoms with Crippen LogP contribution in [0, 0.1) is 0 Å². The summed E-state index contributed by atoms with van der Waals surface area (Å²) in [6.07, 6.45) is -3.96. The number of rotatable bonds is 3. The molecule has 0 aromatic rings. The normalized spacial score (nSPS) is 37.9. The molecular formula is C7H14O7S. The monoisotopic (exact) mass is 242 g/mol. The van der Waals surface area contributed by atoms with Gasteiger partial charge in [0.15, 0.2) is 6.29 Å². The van der Waals surface area contributed by atoms with Crippen molar-refractivity contribution >= 4 is 10.1 Å². The molecular weight excluding hydrogens is 228 g/mol. The third-order valence-corrected chi connectivity index (χ3v) is 2.56. The SMILES string of the molecule is CS(=O)(=O)OC[C@H]1O[C@@H](O)C[C@H](O)[C@H]1O. The Morgan fingerprint density at radius 3 is 2.53 bits per heavy atom. The van der Waals surface area contributed by atoms with Crippen molar-refractivity contribution in [3.8, 4) is 0 Å². The topological polar surface area (TPSA) is 113 Å². The van der Waals surface area contributed by atoms with Gasteiger partial charge in [0.2, 0.25) is 0 Å². The highest BCUT2D eigenvalue weighted by Gasteiger charge is 2.36. The second-order valence-electron chi connectivity index (χ2n) is 3.41. The van der Waals surface area contributed by atoms with E-state index in [9.17, 15) is 18.6 Å². The van der Waals surface area contributed by atoms with Crippen LogP contribution < -0.4 is 0 Å². The molecule has 0 bridgehead atoms. The molecule has 1 aliphatic heterocycles. The zero-order chi connectivity index (χ0) is 11.6. The molecule has 4 atom stereocenters. The first kappa shape index (κ1) is 12.8. The quantitative estimate of drug-likeness (QED) is 0.481. The van der Waals surface area contributed by atoms with Gasteiger partial charge in [-0.3, -0.25) is 4.18 Å². The van der Waals surface area contributed by atoms with Crippen LogP contribution in [-0.2, 0) is 19.0 Å². The minimum absolute atomic E-state index is 0.115. The number of hydrogen-bond donors (Lipinski definition) is 3. The van der Waals surface area contributed by atoms with Crippen LogP contribution in [0.5, 0.6) is 0 Å². The molecule has 0 amide bonds. The van der Waals surface area contributed by atoms with Crippen molar-refractivity contribution in [2.24, 2.45) is 0 Å². The van der Waals surface area contributed by atoms with Crippen molar-refractivity contribution in [3.05, 3.63) is 0 Å². The number of ether oxygens (including phenoxy) is 1. The molecule has 3 N–H and O–H groups in total. The van der Waals surface area contributed by atoms with E-state index in [-0.39, 0.29) is 6.42 Å². The van der Waals surface area contributed by atoms with Crippen LogP contribution in [0.3, 0.4) is 0 Å². The number of aliphatic hydroxyl groups is 3. The standard InChI is InChI=1S/C7H14O7S/c1-15(11,12)13-3-5-7(10)4(8)2-6(9)14-5/h4-10H,2-3H2,1H3/t4-,5+,6+,7+/m0/s1. The van der Waals surface area contributed by atoms with Crippen molar-refractivity contribution in [1.82, 2.24) is 0 Å². The molecule has 1 saturated heterocycles. The first-order chi connectivity index (χ1) is 6.79. The van der Waals surface area contributed by atoms with Crippen LogP contribution in [0.15, 0.2) is 0 Å². The lowest BCUT2D eigenvalue weighted by molar-refractivity contribution is -0.237. The molecule has 0 radical (unpaired) electrons. The summed E-state index contributed by atoms with van der Waals surface area (Å²) in [4.78, 5) is 0. The van der Waals surface area contributed by atoms with Gasteiger partial charge in [-0.05, 0) is 0 Å². The van der Waals surface area contributed by atoms with Gasteiger partial charge in [-0.15, -0.1) is 0 Å². The molecule has 15 heavy (non-hydrogen) atoms. The Kier molecular flexibility index (Phi) is 4.04. The summed E-state index contributed by atoms with van der Waals surface area (Å²) in [5.41, 5.74) is 0. The average Bonchev–Trinajstić information content (AvgIpc) is 2.07. The van der Waals surface area contributed by atoms with Crippen LogP contribution in [-0.4, -0.2) is 61.2 Å². The van der Waals surface area contributed by atoms with Gasteiger partial charge in [-0.1, -0.05) is 0 Å². The summed E-state index contributed by atoms with van der Waals surface area (Å²) in [5.74, 6) is 0. The van der Waals surface area contributed by atoms with Crippen molar-refractivity contribution in [2.45, 2.75) is 31.0 Å². The highest BCUT2D eigenvalue weighted by molar-refractivity contribution is 7.85. The first-order valence-electron chi connectivity index (χ1n) is 4.33. The second-order valence-corrected chi connectivity index (χ2v) is 5.06. The van der Waals surface area contributed by atoms with Gasteiger partial charge in [0.25, 0.3) is 10.1 Å². The Bertz CT molecular complexity index is 300. The lowest BCUT2D eigenvalue weighted by atomic mass is 10.0. The molecule has 0 unspecified atom stereocenters. The van der Waals surface area contributed by atoms with Gasteiger partial charge in [-0.2, -0.15) is 8.42 Å². The van der Waals surface area contributed by atoms with E-state index in [1.165, 1.54) is 0 Å². The third kappa shape index (κ3) is 4.01. The largest absolute Gasteiger partial charge is 0.390 e. The fourth-order valence-electron chi connectivity index (χ4n) is 1.26. The van der Waals surface area contributed by atoms with Crippen LogP contribution in [0.2, 0.25) is 0 Å². The average molecular weight is 242 g/mol. The Hall–Kier alpha value is -0.250. The van der Waals surface area contributed by atoms with E-state index in [0.717, 1.165) is 6.26 Å². The molecule has 8 heteroatoms. The van der Waals surface area contributed by atoms with Crippen molar-refractivity contribution < 1.29 is 32.7 Å². The molecule has 1 rings (SSSR count). The Morgan fingerprint density at radius 2 is 2.00 bits per heavy atom. The molecule has 90 valence electrons. The Labute approximate surface area is 87.4 Å². The van der Waals surface area contributed by atoms with Gasteiger partial charge in [0.05, 0.1) is 19.0 Å². The summed E-state index contributed by atoms with van der Waals surface area (Å²) in [7, 11) is -3.64. The van der Waals surface area contributed by atoms with Gasteiger partial charge in [0, 0.05) is 6.42 Å². The summed E-state index contributed by atoms with van der Waals surface area (Å²) in [6.45, 7) is -0.436. The molecule has 1 heterocycles. The van der Waals surface area contributed by atoms with E-state index in [4.69, 9.17) is 9.84 Å². The molecule has 7 nitrogen and oxygen atoms in total. The van der Waals surface area contributed by atoms with Gasteiger partial charge in [-0.25, -0.2) is 0 Å². The molecule has 0 aromatic carbocycles. The van der Waals surface area contributed by atoms with Crippen LogP contribution in [0.1, 0.15) is 6.42 Å². The van der Waals surface area contributed by atoms with E-state index < -0.39 is 41.3 Å². The fraction of sp³-hybridized carbons (Fsp3) is 1.00. The third-order valence-electron chi connectivity index (χ3n) is 2.00. The summed E-state index contributed by atoms with van der Waals surface area (Å²) < 4.78 is 30.5. The van der Waals surface area contributed by atoms with Crippen LogP contribution in [0.4, 0.5) is 0 Å². The fourth-order valence-corrected chi connectivity index (χ4v) is 1.64. The lowest BCUT2D eigenvalue weighted by Crippen LogP contribution is -2.50.